The van der Waals surface area contributed by atoms with Crippen molar-refractivity contribution < 1.29 is 9.53 Å². The van der Waals surface area contributed by atoms with Gasteiger partial charge in [-0.3, -0.25) is 0 Å². The van der Waals surface area contributed by atoms with Gasteiger partial charge in [0, 0.05) is 10.4 Å². The number of aryl methyl sites for hydroxylation is 1. The van der Waals surface area contributed by atoms with E-state index in [-0.39, 0.29) is 5.97 Å². The third kappa shape index (κ3) is 2.28. The van der Waals surface area contributed by atoms with Crippen molar-refractivity contribution >= 4 is 33.5 Å². The van der Waals surface area contributed by atoms with Crippen LogP contribution in [0.5, 0.6) is 0 Å². The Kier molecular flexibility index (Phi) is 3.96. The molecule has 1 aromatic rings. The zero-order valence-corrected chi connectivity index (χ0v) is 10.3. The van der Waals surface area contributed by atoms with Crippen molar-refractivity contribution in [2.45, 2.75) is 12.3 Å². The highest BCUT2D eigenvalue weighted by molar-refractivity contribution is 9.08. The minimum atomic E-state index is -0.325. The summed E-state index contributed by atoms with van der Waals surface area (Å²) in [6.45, 7) is 1.84. The van der Waals surface area contributed by atoms with E-state index in [1.807, 2.05) is 6.92 Å². The maximum Gasteiger partial charge on any atom is 0.338 e. The fourth-order valence-corrected chi connectivity index (χ4v) is 2.05. The van der Waals surface area contributed by atoms with E-state index in [2.05, 4.69) is 15.9 Å². The van der Waals surface area contributed by atoms with Crippen LogP contribution in [-0.2, 0) is 10.1 Å². The van der Waals surface area contributed by atoms with Crippen LogP contribution in [0.3, 0.4) is 0 Å². The van der Waals surface area contributed by atoms with Gasteiger partial charge in [0.1, 0.15) is 0 Å². The van der Waals surface area contributed by atoms with Crippen molar-refractivity contribution in [3.8, 4) is 0 Å². The molecule has 0 aliphatic carbocycles. The Morgan fingerprint density at radius 3 is 2.71 bits per heavy atom. The summed E-state index contributed by atoms with van der Waals surface area (Å²) in [6, 6.07) is 3.51. The maximum absolute atomic E-state index is 11.4. The summed E-state index contributed by atoms with van der Waals surface area (Å²) < 4.78 is 4.70. The fourth-order valence-electron chi connectivity index (χ4n) is 1.31. The van der Waals surface area contributed by atoms with Gasteiger partial charge in [-0.1, -0.05) is 27.5 Å². The SMILES string of the molecule is COC(=O)c1c(C)cc(Cl)cc1CBr. The lowest BCUT2D eigenvalue weighted by atomic mass is 10.0. The van der Waals surface area contributed by atoms with Crippen molar-refractivity contribution in [1.82, 2.24) is 0 Å². The molecule has 0 radical (unpaired) electrons. The van der Waals surface area contributed by atoms with E-state index in [0.29, 0.717) is 15.9 Å². The third-order valence-corrected chi connectivity index (χ3v) is 2.74. The van der Waals surface area contributed by atoms with Crippen LogP contribution in [0.2, 0.25) is 5.02 Å². The molecular weight excluding hydrogens is 267 g/mol. The van der Waals surface area contributed by atoms with Gasteiger partial charge in [0.15, 0.2) is 0 Å². The van der Waals surface area contributed by atoms with Crippen LogP contribution in [0, 0.1) is 6.92 Å². The molecule has 0 aromatic heterocycles. The average molecular weight is 278 g/mol. The van der Waals surface area contributed by atoms with Gasteiger partial charge in [-0.25, -0.2) is 4.79 Å². The molecule has 0 saturated heterocycles. The number of hydrogen-bond acceptors (Lipinski definition) is 2. The summed E-state index contributed by atoms with van der Waals surface area (Å²) in [5.41, 5.74) is 2.27. The number of carbonyl (C=O) groups is 1. The highest BCUT2D eigenvalue weighted by Crippen LogP contribution is 2.23. The number of esters is 1. The first kappa shape index (κ1) is 11.5. The highest BCUT2D eigenvalue weighted by atomic mass is 79.9. The van der Waals surface area contributed by atoms with Crippen molar-refractivity contribution in [1.29, 1.82) is 0 Å². The van der Waals surface area contributed by atoms with E-state index < -0.39 is 0 Å². The summed E-state index contributed by atoms with van der Waals surface area (Å²) in [7, 11) is 1.37. The van der Waals surface area contributed by atoms with E-state index in [0.717, 1.165) is 11.1 Å². The molecule has 0 heterocycles. The Labute approximate surface area is 96.3 Å². The van der Waals surface area contributed by atoms with Gasteiger partial charge >= 0.3 is 5.97 Å². The number of carbonyl (C=O) groups excluding carboxylic acids is 1. The minimum Gasteiger partial charge on any atom is -0.465 e. The summed E-state index contributed by atoms with van der Waals surface area (Å²) in [6.07, 6.45) is 0. The number of ether oxygens (including phenoxy) is 1. The first-order chi connectivity index (χ1) is 6.60. The molecule has 0 amide bonds. The summed E-state index contributed by atoms with van der Waals surface area (Å²) in [5, 5.41) is 1.21. The Bertz CT molecular complexity index is 363. The predicted octanol–water partition coefficient (Wildman–Crippen LogP) is 3.33. The lowest BCUT2D eigenvalue weighted by Crippen LogP contribution is -2.07. The number of alkyl halides is 1. The summed E-state index contributed by atoms with van der Waals surface area (Å²) in [5.74, 6) is -0.325. The predicted molar refractivity (Wildman–Crippen MR) is 60.2 cm³/mol. The van der Waals surface area contributed by atoms with Gasteiger partial charge in [-0.05, 0) is 30.2 Å². The van der Waals surface area contributed by atoms with Crippen LogP contribution in [0.1, 0.15) is 21.5 Å². The lowest BCUT2D eigenvalue weighted by molar-refractivity contribution is 0.0599. The van der Waals surface area contributed by atoms with Crippen molar-refractivity contribution in [2.75, 3.05) is 7.11 Å². The number of benzene rings is 1. The van der Waals surface area contributed by atoms with E-state index in [4.69, 9.17) is 16.3 Å². The number of rotatable bonds is 2. The molecule has 0 spiro atoms. The molecule has 1 rings (SSSR count). The molecule has 4 heteroatoms. The van der Waals surface area contributed by atoms with Crippen molar-refractivity contribution in [3.63, 3.8) is 0 Å². The molecule has 0 N–H and O–H groups in total. The van der Waals surface area contributed by atoms with Crippen LogP contribution in [0.15, 0.2) is 12.1 Å². The third-order valence-electron chi connectivity index (χ3n) is 1.92. The zero-order valence-electron chi connectivity index (χ0n) is 7.93. The van der Waals surface area contributed by atoms with Crippen LogP contribution in [0.25, 0.3) is 0 Å². The molecular formula is C10H10BrClO2. The van der Waals surface area contributed by atoms with Crippen molar-refractivity contribution in [3.05, 3.63) is 33.8 Å². The quantitative estimate of drug-likeness (QED) is 0.612. The summed E-state index contributed by atoms with van der Waals surface area (Å²) in [4.78, 5) is 11.4. The number of methoxy groups -OCH3 is 1. The topological polar surface area (TPSA) is 26.3 Å². The smallest absolute Gasteiger partial charge is 0.338 e. The van der Waals surface area contributed by atoms with E-state index in [1.165, 1.54) is 7.11 Å². The maximum atomic E-state index is 11.4. The van der Waals surface area contributed by atoms with Gasteiger partial charge in [-0.2, -0.15) is 0 Å². The molecule has 2 nitrogen and oxygen atoms in total. The first-order valence-electron chi connectivity index (χ1n) is 4.03. The van der Waals surface area contributed by atoms with Crippen LogP contribution < -0.4 is 0 Å². The second kappa shape index (κ2) is 4.80. The first-order valence-corrected chi connectivity index (χ1v) is 5.53. The van der Waals surface area contributed by atoms with Gasteiger partial charge in [-0.15, -0.1) is 0 Å². The van der Waals surface area contributed by atoms with Crippen molar-refractivity contribution in [2.24, 2.45) is 0 Å². The van der Waals surface area contributed by atoms with Gasteiger partial charge in [0.25, 0.3) is 0 Å². The highest BCUT2D eigenvalue weighted by Gasteiger charge is 2.14. The molecule has 0 bridgehead atoms. The van der Waals surface area contributed by atoms with Gasteiger partial charge < -0.3 is 4.74 Å². The molecule has 0 aliphatic heterocycles. The Balaban J connectivity index is 3.32. The Morgan fingerprint density at radius 1 is 1.57 bits per heavy atom. The minimum absolute atomic E-state index is 0.325. The standard InChI is InChI=1S/C10H10BrClO2/c1-6-3-8(12)4-7(5-11)9(6)10(13)14-2/h3-4H,5H2,1-2H3. The molecule has 0 unspecified atom stereocenters. The van der Waals surface area contributed by atoms with E-state index >= 15 is 0 Å². The van der Waals surface area contributed by atoms with Crippen LogP contribution in [0.4, 0.5) is 0 Å². The molecule has 0 atom stereocenters. The number of halogens is 2. The Morgan fingerprint density at radius 2 is 2.21 bits per heavy atom. The monoisotopic (exact) mass is 276 g/mol. The molecule has 76 valence electrons. The molecule has 0 fully saturated rings. The average Bonchev–Trinajstić information content (AvgIpc) is 2.15. The van der Waals surface area contributed by atoms with Gasteiger partial charge in [0.05, 0.1) is 12.7 Å². The van der Waals surface area contributed by atoms with E-state index in [1.54, 1.807) is 12.1 Å². The normalized spacial score (nSPS) is 10.0. The second-order valence-corrected chi connectivity index (χ2v) is 3.88. The Hall–Kier alpha value is -0.540. The van der Waals surface area contributed by atoms with Gasteiger partial charge in [0.2, 0.25) is 0 Å². The molecule has 0 aliphatic rings. The zero-order chi connectivity index (χ0) is 10.7. The number of hydrogen-bond donors (Lipinski definition) is 0. The molecule has 1 aromatic carbocycles. The van der Waals surface area contributed by atoms with Crippen LogP contribution >= 0.6 is 27.5 Å². The largest absolute Gasteiger partial charge is 0.465 e. The summed E-state index contributed by atoms with van der Waals surface area (Å²) >= 11 is 9.18. The second-order valence-electron chi connectivity index (χ2n) is 2.88. The van der Waals surface area contributed by atoms with Crippen LogP contribution in [-0.4, -0.2) is 13.1 Å². The van der Waals surface area contributed by atoms with E-state index in [9.17, 15) is 4.79 Å². The molecule has 14 heavy (non-hydrogen) atoms. The fraction of sp³-hybridized carbons (Fsp3) is 0.300. The lowest BCUT2D eigenvalue weighted by Gasteiger charge is -2.09. The molecule has 0 saturated carbocycles.